The zero-order chi connectivity index (χ0) is 15.2. The van der Waals surface area contributed by atoms with Crippen molar-refractivity contribution in [1.29, 1.82) is 0 Å². The first-order valence-electron chi connectivity index (χ1n) is 6.62. The number of nitrogens with two attached hydrogens (primary N) is 4. The summed E-state index contributed by atoms with van der Waals surface area (Å²) in [6.07, 6.45) is 0.702. The van der Waals surface area contributed by atoms with Crippen LogP contribution in [0.4, 0.5) is 22.7 Å². The van der Waals surface area contributed by atoms with Crippen molar-refractivity contribution in [2.75, 3.05) is 36.1 Å². The molecule has 0 saturated carbocycles. The lowest BCUT2D eigenvalue weighted by atomic mass is 10.2. The minimum absolute atomic E-state index is 0. The Hall–Kier alpha value is -1.60. The Morgan fingerprint density at radius 2 is 0.960 bits per heavy atom. The first-order valence-corrected chi connectivity index (χ1v) is 6.62. The maximum atomic E-state index is 5.80. The lowest BCUT2D eigenvalue weighted by molar-refractivity contribution is 0.249. The van der Waals surface area contributed by atoms with Crippen molar-refractivity contribution in [3.05, 3.63) is 36.4 Å². The number of rotatable bonds is 6. The Morgan fingerprint density at radius 3 is 1.28 bits per heavy atom. The van der Waals surface area contributed by atoms with Crippen LogP contribution in [0.25, 0.3) is 0 Å². The van der Waals surface area contributed by atoms with Crippen molar-refractivity contribution in [1.82, 2.24) is 0 Å². The van der Waals surface area contributed by atoms with Crippen molar-refractivity contribution in [2.45, 2.75) is 6.42 Å². The van der Waals surface area contributed by atoms with Gasteiger partial charge in [0.15, 0.2) is 0 Å². The van der Waals surface area contributed by atoms with E-state index in [2.05, 4.69) is 0 Å². The number of hydrogen-bond donors (Lipinski definition) is 4. The smallest absolute Gasteiger partial charge is 0.142 e. The van der Waals surface area contributed by atoms with Crippen LogP contribution in [0.5, 0.6) is 11.5 Å². The van der Waals surface area contributed by atoms with E-state index in [1.54, 1.807) is 36.4 Å². The van der Waals surface area contributed by atoms with Gasteiger partial charge in [0.05, 0.1) is 24.6 Å². The van der Waals surface area contributed by atoms with E-state index in [0.29, 0.717) is 53.9 Å². The molecule has 2 aromatic rings. The molecule has 0 saturated heterocycles. The number of ether oxygens (including phenoxy) is 2. The maximum absolute atomic E-state index is 5.80. The summed E-state index contributed by atoms with van der Waals surface area (Å²) in [6.45, 7) is 0.978. The highest BCUT2D eigenvalue weighted by atomic mass is 35.5. The molecule has 0 atom stereocenters. The molecule has 25 heavy (non-hydrogen) atoms. The first kappa shape index (κ1) is 28.2. The molecular weight excluding hydrogens is 410 g/mol. The minimum atomic E-state index is 0. The van der Waals surface area contributed by atoms with Gasteiger partial charge >= 0.3 is 0 Å². The number of benzene rings is 2. The largest absolute Gasteiger partial charge is 0.491 e. The van der Waals surface area contributed by atoms with Gasteiger partial charge in [-0.05, 0) is 36.4 Å². The fraction of sp³-hybridized carbons (Fsp3) is 0.200. The normalized spacial score (nSPS) is 8.64. The summed E-state index contributed by atoms with van der Waals surface area (Å²) in [6, 6.07) is 10.3. The van der Waals surface area contributed by atoms with E-state index >= 15 is 0 Å². The molecule has 2 rings (SSSR count). The van der Waals surface area contributed by atoms with Crippen LogP contribution in [0.3, 0.4) is 0 Å². The van der Waals surface area contributed by atoms with Gasteiger partial charge in [-0.15, -0.1) is 49.6 Å². The van der Waals surface area contributed by atoms with Gasteiger partial charge in [-0.25, -0.2) is 0 Å². The summed E-state index contributed by atoms with van der Waals surface area (Å²) in [5.41, 5.74) is 25.1. The van der Waals surface area contributed by atoms with E-state index in [-0.39, 0.29) is 49.6 Å². The predicted octanol–water partition coefficient (Wildman–Crippen LogP) is 3.55. The van der Waals surface area contributed by atoms with Crippen LogP contribution in [0.2, 0.25) is 0 Å². The quantitative estimate of drug-likeness (QED) is 0.408. The van der Waals surface area contributed by atoms with Gasteiger partial charge in [0.2, 0.25) is 0 Å². The van der Waals surface area contributed by atoms with Gasteiger partial charge in [0.25, 0.3) is 0 Å². The molecule has 0 bridgehead atoms. The van der Waals surface area contributed by atoms with Gasteiger partial charge < -0.3 is 32.4 Å². The van der Waals surface area contributed by atoms with E-state index in [1.807, 2.05) is 0 Å². The second-order valence-corrected chi connectivity index (χ2v) is 4.65. The molecule has 144 valence electrons. The maximum Gasteiger partial charge on any atom is 0.142 e. The summed E-state index contributed by atoms with van der Waals surface area (Å²) in [4.78, 5) is 0. The van der Waals surface area contributed by atoms with Gasteiger partial charge in [0, 0.05) is 17.8 Å². The van der Waals surface area contributed by atoms with Gasteiger partial charge in [-0.1, -0.05) is 0 Å². The number of halogens is 4. The lowest BCUT2D eigenvalue weighted by Gasteiger charge is -2.11. The third kappa shape index (κ3) is 8.88. The average molecular weight is 434 g/mol. The molecule has 0 heterocycles. The topological polar surface area (TPSA) is 123 Å². The van der Waals surface area contributed by atoms with E-state index in [1.165, 1.54) is 0 Å². The van der Waals surface area contributed by atoms with Crippen LogP contribution in [-0.2, 0) is 0 Å². The molecule has 8 N–H and O–H groups in total. The molecule has 0 radical (unpaired) electrons. The highest BCUT2D eigenvalue weighted by Crippen LogP contribution is 2.25. The molecule has 0 aromatic heterocycles. The molecule has 2 aromatic carbocycles. The van der Waals surface area contributed by atoms with Crippen molar-refractivity contribution in [3.63, 3.8) is 0 Å². The second-order valence-electron chi connectivity index (χ2n) is 4.65. The molecule has 0 aliphatic rings. The monoisotopic (exact) mass is 432 g/mol. The van der Waals surface area contributed by atoms with Crippen molar-refractivity contribution in [2.24, 2.45) is 0 Å². The molecule has 0 amide bonds. The van der Waals surface area contributed by atoms with Crippen LogP contribution in [0, 0.1) is 0 Å². The van der Waals surface area contributed by atoms with E-state index < -0.39 is 0 Å². The van der Waals surface area contributed by atoms with E-state index in [4.69, 9.17) is 32.4 Å². The minimum Gasteiger partial charge on any atom is -0.491 e. The van der Waals surface area contributed by atoms with Crippen LogP contribution >= 0.6 is 49.6 Å². The van der Waals surface area contributed by atoms with Crippen LogP contribution in [0.1, 0.15) is 6.42 Å². The predicted molar refractivity (Wildman–Crippen MR) is 115 cm³/mol. The zero-order valence-electron chi connectivity index (χ0n) is 13.3. The fourth-order valence-corrected chi connectivity index (χ4v) is 1.82. The molecule has 10 heteroatoms. The standard InChI is InChI=1S/C15H20N4O2.4ClH/c16-10-2-4-14(12(18)8-10)20-6-1-7-21-15-5-3-11(17)9-13(15)19;;;;/h2-5,8-9H,1,6-7,16-19H2;4*1H. The summed E-state index contributed by atoms with van der Waals surface area (Å²) in [5.74, 6) is 1.24. The van der Waals surface area contributed by atoms with Crippen LogP contribution < -0.4 is 32.4 Å². The van der Waals surface area contributed by atoms with Gasteiger partial charge in [-0.3, -0.25) is 0 Å². The van der Waals surface area contributed by atoms with Crippen LogP contribution in [0.15, 0.2) is 36.4 Å². The summed E-state index contributed by atoms with van der Waals surface area (Å²) in [5, 5.41) is 0. The van der Waals surface area contributed by atoms with Crippen molar-refractivity contribution < 1.29 is 9.47 Å². The third-order valence-electron chi connectivity index (χ3n) is 2.87. The van der Waals surface area contributed by atoms with Crippen LogP contribution in [-0.4, -0.2) is 13.2 Å². The molecular formula is C15H24Cl4N4O2. The SMILES string of the molecule is Cl.Cl.Cl.Cl.Nc1ccc(OCCCOc2ccc(N)cc2N)c(N)c1. The number of nitrogen functional groups attached to an aromatic ring is 4. The Kier molecular flexibility index (Phi) is 15.4. The zero-order valence-corrected chi connectivity index (χ0v) is 16.6. The summed E-state index contributed by atoms with van der Waals surface area (Å²) < 4.78 is 11.1. The molecule has 0 aliphatic heterocycles. The third-order valence-corrected chi connectivity index (χ3v) is 2.87. The Morgan fingerprint density at radius 1 is 0.600 bits per heavy atom. The number of anilines is 4. The molecule has 0 aliphatic carbocycles. The molecule has 0 fully saturated rings. The Bertz CT molecular complexity index is 579. The average Bonchev–Trinajstić information content (AvgIpc) is 2.42. The summed E-state index contributed by atoms with van der Waals surface area (Å²) in [7, 11) is 0. The van der Waals surface area contributed by atoms with Crippen molar-refractivity contribution >= 4 is 72.4 Å². The number of hydrogen-bond acceptors (Lipinski definition) is 6. The van der Waals surface area contributed by atoms with Gasteiger partial charge in [-0.2, -0.15) is 0 Å². The first-order chi connectivity index (χ1) is 10.1. The second kappa shape index (κ2) is 13.7. The lowest BCUT2D eigenvalue weighted by Crippen LogP contribution is -2.07. The highest BCUT2D eigenvalue weighted by Gasteiger charge is 2.02. The van der Waals surface area contributed by atoms with E-state index in [9.17, 15) is 0 Å². The molecule has 0 unspecified atom stereocenters. The molecule has 0 spiro atoms. The molecule has 6 nitrogen and oxygen atoms in total. The van der Waals surface area contributed by atoms with Crippen molar-refractivity contribution in [3.8, 4) is 11.5 Å². The Balaban J connectivity index is -0.00000121. The summed E-state index contributed by atoms with van der Waals surface area (Å²) >= 11 is 0. The van der Waals surface area contributed by atoms with E-state index in [0.717, 1.165) is 0 Å². The fourth-order valence-electron chi connectivity index (χ4n) is 1.82. The Labute approximate surface area is 172 Å². The van der Waals surface area contributed by atoms with Gasteiger partial charge in [0.1, 0.15) is 11.5 Å². The highest BCUT2D eigenvalue weighted by molar-refractivity contribution is 5.86.